The van der Waals surface area contributed by atoms with E-state index in [1.54, 1.807) is 32.4 Å². The second kappa shape index (κ2) is 7.26. The molecule has 0 atom stereocenters. The number of aliphatic imine (C=N–C) groups is 1. The Morgan fingerprint density at radius 3 is 2.83 bits per heavy atom. The lowest BCUT2D eigenvalue weighted by Crippen LogP contribution is -2.00. The van der Waals surface area contributed by atoms with E-state index in [2.05, 4.69) is 15.0 Å². The Bertz CT molecular complexity index is 784. The molecule has 2 N–H and O–H groups in total. The third kappa shape index (κ3) is 3.97. The molecular formula is C16H17N5O2. The average molecular weight is 311 g/mol. The van der Waals surface area contributed by atoms with Crippen LogP contribution in [0.4, 0.5) is 5.82 Å². The Morgan fingerprint density at radius 1 is 1.43 bits per heavy atom. The minimum Gasteiger partial charge on any atom is -0.404 e. The zero-order valence-electron chi connectivity index (χ0n) is 12.9. The van der Waals surface area contributed by atoms with Crippen molar-refractivity contribution in [1.29, 1.82) is 0 Å². The molecule has 0 aliphatic carbocycles. The topological polar surface area (TPSA) is 107 Å². The molecular weight excluding hydrogens is 294 g/mol. The molecule has 0 aliphatic rings. The minimum absolute atomic E-state index is 0.144. The number of nitrogens with two attached hydrogens (primary N) is 1. The molecule has 7 heteroatoms. The summed E-state index contributed by atoms with van der Waals surface area (Å²) in [7, 11) is 1.67. The van der Waals surface area contributed by atoms with Crippen LogP contribution in [0.15, 0.2) is 41.7 Å². The van der Waals surface area contributed by atoms with Crippen molar-refractivity contribution in [2.75, 3.05) is 7.05 Å². The first-order valence-corrected chi connectivity index (χ1v) is 6.95. The fourth-order valence-corrected chi connectivity index (χ4v) is 2.16. The molecule has 118 valence electrons. The van der Waals surface area contributed by atoms with Crippen molar-refractivity contribution in [1.82, 2.24) is 9.97 Å². The summed E-state index contributed by atoms with van der Waals surface area (Å²) in [6, 6.07) is 6.95. The first-order valence-electron chi connectivity index (χ1n) is 6.95. The van der Waals surface area contributed by atoms with Crippen molar-refractivity contribution in [3.8, 4) is 0 Å². The summed E-state index contributed by atoms with van der Waals surface area (Å²) < 4.78 is 0. The summed E-state index contributed by atoms with van der Waals surface area (Å²) in [5.41, 5.74) is 9.63. The van der Waals surface area contributed by atoms with E-state index in [0.29, 0.717) is 12.1 Å². The number of rotatable bonds is 5. The first-order chi connectivity index (χ1) is 11.0. The number of nitrogens with zero attached hydrogens (tertiary/aromatic N) is 4. The number of hydrogen-bond acceptors (Lipinski definition) is 6. The van der Waals surface area contributed by atoms with Gasteiger partial charge < -0.3 is 15.8 Å². The summed E-state index contributed by atoms with van der Waals surface area (Å²) in [6.45, 7) is 1.76. The minimum atomic E-state index is -0.496. The quantitative estimate of drug-likeness (QED) is 0.518. The molecule has 2 heterocycles. The van der Waals surface area contributed by atoms with Crippen LogP contribution in [-0.2, 0) is 6.42 Å². The molecule has 0 saturated carbocycles. The summed E-state index contributed by atoms with van der Waals surface area (Å²) >= 11 is 0. The highest BCUT2D eigenvalue weighted by Gasteiger charge is 2.12. The lowest BCUT2D eigenvalue weighted by Gasteiger charge is -2.06. The van der Waals surface area contributed by atoms with Crippen LogP contribution in [0.5, 0.6) is 0 Å². The van der Waals surface area contributed by atoms with Gasteiger partial charge in [0.1, 0.15) is 0 Å². The normalized spacial score (nSPS) is 11.8. The SMILES string of the molecule is CN=CC(=CN)c1cc(Cc2ccc([N+](=O)[O-])nc2C)ccn1. The number of hydrogen-bond donors (Lipinski definition) is 1. The van der Waals surface area contributed by atoms with Crippen LogP contribution < -0.4 is 5.73 Å². The van der Waals surface area contributed by atoms with Crippen LogP contribution in [0.2, 0.25) is 0 Å². The molecule has 0 amide bonds. The van der Waals surface area contributed by atoms with Gasteiger partial charge in [0, 0.05) is 56.2 Å². The number of aromatic nitrogens is 2. The first kappa shape index (κ1) is 16.3. The van der Waals surface area contributed by atoms with Gasteiger partial charge in [-0.2, -0.15) is 0 Å². The van der Waals surface area contributed by atoms with E-state index in [9.17, 15) is 10.1 Å². The van der Waals surface area contributed by atoms with Crippen LogP contribution in [0.25, 0.3) is 5.57 Å². The average Bonchev–Trinajstić information content (AvgIpc) is 2.54. The van der Waals surface area contributed by atoms with Crippen molar-refractivity contribution in [3.05, 3.63) is 69.3 Å². The fourth-order valence-electron chi connectivity index (χ4n) is 2.16. The zero-order valence-corrected chi connectivity index (χ0v) is 12.9. The van der Waals surface area contributed by atoms with E-state index in [4.69, 9.17) is 5.73 Å². The van der Waals surface area contributed by atoms with Crippen molar-refractivity contribution in [2.45, 2.75) is 13.3 Å². The van der Waals surface area contributed by atoms with Crippen LogP contribution in [0.1, 0.15) is 22.5 Å². The number of pyridine rings is 2. The van der Waals surface area contributed by atoms with E-state index in [0.717, 1.165) is 22.4 Å². The van der Waals surface area contributed by atoms with Gasteiger partial charge in [-0.1, -0.05) is 0 Å². The van der Waals surface area contributed by atoms with Gasteiger partial charge in [-0.15, -0.1) is 0 Å². The van der Waals surface area contributed by atoms with Gasteiger partial charge in [0.2, 0.25) is 0 Å². The van der Waals surface area contributed by atoms with E-state index in [1.807, 2.05) is 12.1 Å². The van der Waals surface area contributed by atoms with Crippen LogP contribution in [-0.4, -0.2) is 28.2 Å². The Balaban J connectivity index is 2.29. The van der Waals surface area contributed by atoms with Gasteiger partial charge in [-0.3, -0.25) is 9.98 Å². The Morgan fingerprint density at radius 2 is 2.22 bits per heavy atom. The standard InChI is InChI=1S/C16H17N5O2/c1-11-13(3-4-16(20-11)21(22)23)7-12-5-6-19-15(8-12)14(9-17)10-18-2/h3-6,8-10H,7,17H2,1-2H3. The monoisotopic (exact) mass is 311 g/mol. The highest BCUT2D eigenvalue weighted by atomic mass is 16.6. The van der Waals surface area contributed by atoms with Gasteiger partial charge in [0.15, 0.2) is 5.69 Å². The molecule has 7 nitrogen and oxygen atoms in total. The molecule has 0 spiro atoms. The summed E-state index contributed by atoms with van der Waals surface area (Å²) in [5.74, 6) is -0.144. The molecule has 0 aromatic carbocycles. The third-order valence-corrected chi connectivity index (χ3v) is 3.33. The molecule has 0 radical (unpaired) electrons. The molecule has 23 heavy (non-hydrogen) atoms. The van der Waals surface area contributed by atoms with Crippen LogP contribution >= 0.6 is 0 Å². The van der Waals surface area contributed by atoms with E-state index < -0.39 is 4.92 Å². The maximum Gasteiger partial charge on any atom is 0.363 e. The Labute approximate surface area is 133 Å². The summed E-state index contributed by atoms with van der Waals surface area (Å²) in [4.78, 5) is 22.5. The lowest BCUT2D eigenvalue weighted by atomic mass is 10.0. The van der Waals surface area contributed by atoms with E-state index >= 15 is 0 Å². The fraction of sp³-hybridized carbons (Fsp3) is 0.188. The van der Waals surface area contributed by atoms with Gasteiger partial charge >= 0.3 is 5.82 Å². The van der Waals surface area contributed by atoms with Crippen LogP contribution in [0.3, 0.4) is 0 Å². The van der Waals surface area contributed by atoms with Crippen molar-refractivity contribution in [3.63, 3.8) is 0 Å². The molecule has 0 aliphatic heterocycles. The third-order valence-electron chi connectivity index (χ3n) is 3.33. The number of aryl methyl sites for hydroxylation is 1. The lowest BCUT2D eigenvalue weighted by molar-refractivity contribution is -0.389. The summed E-state index contributed by atoms with van der Waals surface area (Å²) in [6.07, 6.45) is 5.40. The maximum absolute atomic E-state index is 10.7. The molecule has 0 saturated heterocycles. The van der Waals surface area contributed by atoms with Gasteiger partial charge in [0.05, 0.1) is 5.69 Å². The summed E-state index contributed by atoms with van der Waals surface area (Å²) in [5, 5.41) is 10.7. The maximum atomic E-state index is 10.7. The smallest absolute Gasteiger partial charge is 0.363 e. The number of nitro groups is 1. The Hall–Kier alpha value is -3.09. The molecule has 2 rings (SSSR count). The largest absolute Gasteiger partial charge is 0.404 e. The number of allylic oxidation sites excluding steroid dienone is 1. The molecule has 0 bridgehead atoms. The molecule has 0 fully saturated rings. The van der Waals surface area contributed by atoms with Gasteiger partial charge in [-0.25, -0.2) is 0 Å². The molecule has 2 aromatic rings. The highest BCUT2D eigenvalue weighted by molar-refractivity contribution is 6.08. The van der Waals surface area contributed by atoms with Crippen molar-refractivity contribution >= 4 is 17.6 Å². The van der Waals surface area contributed by atoms with Crippen molar-refractivity contribution < 1.29 is 4.92 Å². The van der Waals surface area contributed by atoms with Crippen molar-refractivity contribution in [2.24, 2.45) is 10.7 Å². The molecule has 0 unspecified atom stereocenters. The second-order valence-corrected chi connectivity index (χ2v) is 4.91. The van der Waals surface area contributed by atoms with Gasteiger partial charge in [-0.05, 0) is 33.7 Å². The predicted octanol–water partition coefficient (Wildman–Crippen LogP) is 2.28. The highest BCUT2D eigenvalue weighted by Crippen LogP contribution is 2.18. The van der Waals surface area contributed by atoms with Crippen LogP contribution in [0, 0.1) is 17.0 Å². The zero-order chi connectivity index (χ0) is 16.8. The molecule has 2 aromatic heterocycles. The second-order valence-electron chi connectivity index (χ2n) is 4.91. The predicted molar refractivity (Wildman–Crippen MR) is 89.3 cm³/mol. The van der Waals surface area contributed by atoms with E-state index in [-0.39, 0.29) is 5.82 Å². The van der Waals surface area contributed by atoms with E-state index in [1.165, 1.54) is 12.3 Å². The van der Waals surface area contributed by atoms with Gasteiger partial charge in [0.25, 0.3) is 0 Å². The Kier molecular flexibility index (Phi) is 5.14.